The van der Waals surface area contributed by atoms with E-state index in [-0.39, 0.29) is 29.3 Å². The number of ketones is 2. The molecule has 0 spiro atoms. The topological polar surface area (TPSA) is 60.4 Å². The predicted molar refractivity (Wildman–Crippen MR) is 114 cm³/mol. The zero-order valence-corrected chi connectivity index (χ0v) is 16.5. The Morgan fingerprint density at radius 2 is 1.27 bits per heavy atom. The first-order valence-electron chi connectivity index (χ1n) is 9.71. The lowest BCUT2D eigenvalue weighted by Gasteiger charge is -2.22. The molecule has 4 rings (SSSR count). The van der Waals surface area contributed by atoms with Crippen molar-refractivity contribution in [1.29, 1.82) is 0 Å². The van der Waals surface area contributed by atoms with Gasteiger partial charge in [-0.05, 0) is 6.92 Å². The third-order valence-electron chi connectivity index (χ3n) is 5.33. The molecule has 0 amide bonds. The lowest BCUT2D eigenvalue weighted by molar-refractivity contribution is -0.142. The van der Waals surface area contributed by atoms with Crippen LogP contribution in [0.3, 0.4) is 0 Å². The molecular formula is C26H20O4. The van der Waals surface area contributed by atoms with Gasteiger partial charge in [0, 0.05) is 23.1 Å². The van der Waals surface area contributed by atoms with Crippen molar-refractivity contribution in [2.75, 3.05) is 0 Å². The normalized spacial score (nSPS) is 18.2. The summed E-state index contributed by atoms with van der Waals surface area (Å²) in [4.78, 5) is 39.5. The van der Waals surface area contributed by atoms with Crippen LogP contribution in [0.15, 0.2) is 96.6 Å². The molecule has 3 aromatic rings. The maximum absolute atomic E-state index is 13.5. The SMILES string of the molecule is CC1(CC(=O)c2ccccc2)C(=O)OC(c2ccccc2)=C1C(=O)c1ccccc1. The number of hydrogen-bond donors (Lipinski definition) is 0. The van der Waals surface area contributed by atoms with E-state index < -0.39 is 11.4 Å². The molecule has 1 unspecified atom stereocenters. The van der Waals surface area contributed by atoms with Gasteiger partial charge in [-0.3, -0.25) is 14.4 Å². The summed E-state index contributed by atoms with van der Waals surface area (Å²) in [5, 5.41) is 0. The number of benzene rings is 3. The van der Waals surface area contributed by atoms with Crippen LogP contribution in [0.4, 0.5) is 0 Å². The smallest absolute Gasteiger partial charge is 0.322 e. The van der Waals surface area contributed by atoms with E-state index in [4.69, 9.17) is 4.74 Å². The first kappa shape index (κ1) is 19.5. The van der Waals surface area contributed by atoms with Gasteiger partial charge in [-0.15, -0.1) is 0 Å². The van der Waals surface area contributed by atoms with Crippen molar-refractivity contribution in [2.45, 2.75) is 13.3 Å². The molecule has 0 N–H and O–H groups in total. The zero-order valence-electron chi connectivity index (χ0n) is 16.5. The van der Waals surface area contributed by atoms with Crippen LogP contribution < -0.4 is 0 Å². The molecule has 1 heterocycles. The van der Waals surface area contributed by atoms with Crippen molar-refractivity contribution in [3.8, 4) is 0 Å². The summed E-state index contributed by atoms with van der Waals surface area (Å²) in [5.41, 5.74) is 0.393. The van der Waals surface area contributed by atoms with Crippen molar-refractivity contribution < 1.29 is 19.1 Å². The van der Waals surface area contributed by atoms with Gasteiger partial charge in [0.15, 0.2) is 11.6 Å². The van der Waals surface area contributed by atoms with E-state index in [0.717, 1.165) is 0 Å². The number of Topliss-reactive ketones (excluding diaryl/α,β-unsaturated/α-hetero) is 2. The van der Waals surface area contributed by atoms with Crippen LogP contribution in [0.5, 0.6) is 0 Å². The second-order valence-electron chi connectivity index (χ2n) is 7.45. The maximum Gasteiger partial charge on any atom is 0.322 e. The molecule has 30 heavy (non-hydrogen) atoms. The molecule has 1 aliphatic heterocycles. The Bertz CT molecular complexity index is 1130. The largest absolute Gasteiger partial charge is 0.425 e. The van der Waals surface area contributed by atoms with Crippen molar-refractivity contribution in [3.05, 3.63) is 113 Å². The van der Waals surface area contributed by atoms with Crippen LogP contribution in [-0.2, 0) is 9.53 Å². The molecule has 0 fully saturated rings. The van der Waals surface area contributed by atoms with Crippen molar-refractivity contribution in [3.63, 3.8) is 0 Å². The summed E-state index contributed by atoms with van der Waals surface area (Å²) in [6, 6.07) is 26.5. The second-order valence-corrected chi connectivity index (χ2v) is 7.45. The van der Waals surface area contributed by atoms with Crippen LogP contribution in [-0.4, -0.2) is 17.5 Å². The molecule has 0 radical (unpaired) electrons. The van der Waals surface area contributed by atoms with Gasteiger partial charge in [-0.2, -0.15) is 0 Å². The molecule has 148 valence electrons. The number of cyclic esters (lactones) is 1. The van der Waals surface area contributed by atoms with Gasteiger partial charge in [0.05, 0.1) is 5.57 Å². The Labute approximate surface area is 174 Å². The second kappa shape index (κ2) is 7.91. The number of carbonyl (C=O) groups excluding carboxylic acids is 3. The number of esters is 1. The zero-order chi connectivity index (χ0) is 21.1. The lowest BCUT2D eigenvalue weighted by Crippen LogP contribution is -2.32. The van der Waals surface area contributed by atoms with E-state index in [1.165, 1.54) is 0 Å². The molecule has 3 aromatic carbocycles. The molecule has 0 saturated carbocycles. The van der Waals surface area contributed by atoms with E-state index in [0.29, 0.717) is 16.7 Å². The number of rotatable bonds is 6. The average molecular weight is 396 g/mol. The lowest BCUT2D eigenvalue weighted by atomic mass is 9.74. The highest BCUT2D eigenvalue weighted by molar-refractivity contribution is 6.20. The Morgan fingerprint density at radius 3 is 1.83 bits per heavy atom. The minimum absolute atomic E-state index is 0.153. The highest BCUT2D eigenvalue weighted by Crippen LogP contribution is 2.46. The highest BCUT2D eigenvalue weighted by Gasteiger charge is 2.51. The van der Waals surface area contributed by atoms with E-state index in [1.54, 1.807) is 67.6 Å². The quantitative estimate of drug-likeness (QED) is 0.429. The summed E-state index contributed by atoms with van der Waals surface area (Å²) in [6.45, 7) is 1.61. The van der Waals surface area contributed by atoms with Gasteiger partial charge < -0.3 is 4.74 Å². The average Bonchev–Trinajstić information content (AvgIpc) is 3.05. The third kappa shape index (κ3) is 3.48. The molecule has 0 saturated heterocycles. The maximum atomic E-state index is 13.5. The standard InChI is InChI=1S/C26H20O4/c1-26(17-21(27)18-11-5-2-6-12-18)22(23(28)19-13-7-3-8-14-19)24(30-25(26)29)20-15-9-4-10-16-20/h2-16H,17H2,1H3. The van der Waals surface area contributed by atoms with Crippen molar-refractivity contribution in [2.24, 2.45) is 5.41 Å². The van der Waals surface area contributed by atoms with Gasteiger partial charge in [0.25, 0.3) is 0 Å². The fourth-order valence-corrected chi connectivity index (χ4v) is 3.70. The Kier molecular flexibility index (Phi) is 5.15. The minimum atomic E-state index is -1.38. The van der Waals surface area contributed by atoms with E-state index >= 15 is 0 Å². The monoisotopic (exact) mass is 396 g/mol. The Balaban J connectivity index is 1.83. The molecule has 1 aliphatic rings. The molecular weight excluding hydrogens is 376 g/mol. The molecule has 0 aromatic heterocycles. The molecule has 0 bridgehead atoms. The highest BCUT2D eigenvalue weighted by atomic mass is 16.5. The van der Waals surface area contributed by atoms with Gasteiger partial charge in [0.2, 0.25) is 0 Å². The molecule has 1 atom stereocenters. The fourth-order valence-electron chi connectivity index (χ4n) is 3.70. The van der Waals surface area contributed by atoms with Crippen molar-refractivity contribution in [1.82, 2.24) is 0 Å². The summed E-state index contributed by atoms with van der Waals surface area (Å²) in [5.74, 6) is -0.908. The van der Waals surface area contributed by atoms with Gasteiger partial charge in [-0.1, -0.05) is 91.0 Å². The number of hydrogen-bond acceptors (Lipinski definition) is 4. The predicted octanol–water partition coefficient (Wildman–Crippen LogP) is 5.12. The minimum Gasteiger partial charge on any atom is -0.425 e. The van der Waals surface area contributed by atoms with Crippen LogP contribution in [0.2, 0.25) is 0 Å². The van der Waals surface area contributed by atoms with Crippen LogP contribution in [0.1, 0.15) is 39.6 Å². The number of ether oxygens (including phenoxy) is 1. The van der Waals surface area contributed by atoms with E-state index in [1.807, 2.05) is 30.3 Å². The van der Waals surface area contributed by atoms with E-state index in [9.17, 15) is 14.4 Å². The molecule has 0 aliphatic carbocycles. The Hall–Kier alpha value is -3.79. The van der Waals surface area contributed by atoms with Gasteiger partial charge in [0.1, 0.15) is 11.2 Å². The van der Waals surface area contributed by atoms with Crippen LogP contribution in [0.25, 0.3) is 5.76 Å². The van der Waals surface area contributed by atoms with Gasteiger partial charge in [-0.25, -0.2) is 0 Å². The molecule has 4 nitrogen and oxygen atoms in total. The van der Waals surface area contributed by atoms with Crippen LogP contribution in [0, 0.1) is 5.41 Å². The van der Waals surface area contributed by atoms with Gasteiger partial charge >= 0.3 is 5.97 Å². The van der Waals surface area contributed by atoms with E-state index in [2.05, 4.69) is 0 Å². The first-order valence-corrected chi connectivity index (χ1v) is 9.71. The summed E-state index contributed by atoms with van der Waals surface area (Å²) >= 11 is 0. The molecule has 4 heteroatoms. The van der Waals surface area contributed by atoms with Crippen LogP contribution >= 0.6 is 0 Å². The van der Waals surface area contributed by atoms with Crippen molar-refractivity contribution >= 4 is 23.3 Å². The summed E-state index contributed by atoms with van der Waals surface area (Å²) < 4.78 is 5.62. The summed E-state index contributed by atoms with van der Waals surface area (Å²) in [6.07, 6.45) is -0.153. The Morgan fingerprint density at radius 1 is 0.767 bits per heavy atom. The fraction of sp³-hybridized carbons (Fsp3) is 0.115. The number of carbonyl (C=O) groups is 3. The summed E-state index contributed by atoms with van der Waals surface area (Å²) in [7, 11) is 0. The first-order chi connectivity index (χ1) is 14.5. The third-order valence-corrected chi connectivity index (χ3v) is 5.33.